The van der Waals surface area contributed by atoms with Crippen LogP contribution in [-0.2, 0) is 14.3 Å². The summed E-state index contributed by atoms with van der Waals surface area (Å²) in [5.41, 5.74) is 0.324. The van der Waals surface area contributed by atoms with Crippen molar-refractivity contribution in [2.75, 3.05) is 6.61 Å². The van der Waals surface area contributed by atoms with Crippen molar-refractivity contribution < 1.29 is 19.4 Å². The number of ether oxygens (including phenoxy) is 1. The Bertz CT molecular complexity index is 655. The number of benzene rings is 1. The van der Waals surface area contributed by atoms with Gasteiger partial charge >= 0.3 is 5.97 Å². The highest BCUT2D eigenvalue weighted by atomic mass is 16.5. The summed E-state index contributed by atoms with van der Waals surface area (Å²) >= 11 is 0. The molecule has 2 N–H and O–H groups in total. The Morgan fingerprint density at radius 2 is 2.00 bits per heavy atom. The number of carbonyl (C=O) groups is 2. The number of carbonyl (C=O) groups excluding carboxylic acids is 1. The lowest BCUT2D eigenvalue weighted by Crippen LogP contribution is -2.76. The Labute approximate surface area is 149 Å². The summed E-state index contributed by atoms with van der Waals surface area (Å²) in [6.07, 6.45) is 0.394. The normalized spacial score (nSPS) is 25.7. The van der Waals surface area contributed by atoms with Crippen molar-refractivity contribution in [2.45, 2.75) is 65.0 Å². The van der Waals surface area contributed by atoms with Gasteiger partial charge in [0.2, 0.25) is 5.91 Å². The van der Waals surface area contributed by atoms with Crippen molar-refractivity contribution >= 4 is 11.9 Å². The standard InChI is InChI=1S/C20H29NO4/c1-6-25-16-12-20(18(23)24,19(16,4)5)21-17(22)11-14(3)15-10-8-7-9-13(15)2/h7-10,14,16H,6,11-12H2,1-5H3,(H,21,22)(H,23,24). The van der Waals surface area contributed by atoms with Gasteiger partial charge in [0.25, 0.3) is 0 Å². The van der Waals surface area contributed by atoms with E-state index in [-0.39, 0.29) is 24.3 Å². The zero-order valence-electron chi connectivity index (χ0n) is 15.8. The van der Waals surface area contributed by atoms with Crippen molar-refractivity contribution in [3.63, 3.8) is 0 Å². The van der Waals surface area contributed by atoms with Crippen LogP contribution in [-0.4, -0.2) is 35.2 Å². The van der Waals surface area contributed by atoms with Crippen molar-refractivity contribution in [1.82, 2.24) is 5.32 Å². The molecule has 1 amide bonds. The Kier molecular flexibility index (Phi) is 5.57. The number of nitrogens with one attached hydrogen (secondary N) is 1. The number of hydrogen-bond acceptors (Lipinski definition) is 3. The molecule has 0 radical (unpaired) electrons. The van der Waals surface area contributed by atoms with Crippen LogP contribution in [0.25, 0.3) is 0 Å². The molecule has 138 valence electrons. The fourth-order valence-electron chi connectivity index (χ4n) is 3.85. The number of aliphatic carboxylic acids is 1. The summed E-state index contributed by atoms with van der Waals surface area (Å²) < 4.78 is 5.63. The number of carboxylic acids is 1. The lowest BCUT2D eigenvalue weighted by Gasteiger charge is -2.58. The van der Waals surface area contributed by atoms with Crippen molar-refractivity contribution in [2.24, 2.45) is 5.41 Å². The molecular formula is C20H29NO4. The Morgan fingerprint density at radius 1 is 1.36 bits per heavy atom. The summed E-state index contributed by atoms with van der Waals surface area (Å²) in [7, 11) is 0. The predicted octanol–water partition coefficient (Wildman–Crippen LogP) is 3.26. The van der Waals surface area contributed by atoms with Gasteiger partial charge in [-0.2, -0.15) is 0 Å². The highest BCUT2D eigenvalue weighted by Gasteiger charge is 2.66. The summed E-state index contributed by atoms with van der Waals surface area (Å²) in [5, 5.41) is 12.6. The minimum Gasteiger partial charge on any atom is -0.479 e. The smallest absolute Gasteiger partial charge is 0.330 e. The van der Waals surface area contributed by atoms with Crippen LogP contribution >= 0.6 is 0 Å². The molecule has 0 aliphatic heterocycles. The first kappa shape index (κ1) is 19.4. The van der Waals surface area contributed by atoms with Gasteiger partial charge in [0, 0.05) is 24.9 Å². The van der Waals surface area contributed by atoms with Crippen molar-refractivity contribution in [3.8, 4) is 0 Å². The Balaban J connectivity index is 2.10. The quantitative estimate of drug-likeness (QED) is 0.794. The van der Waals surface area contributed by atoms with Gasteiger partial charge in [-0.25, -0.2) is 4.79 Å². The molecule has 3 atom stereocenters. The molecule has 25 heavy (non-hydrogen) atoms. The highest BCUT2D eigenvalue weighted by Crippen LogP contribution is 2.51. The first-order chi connectivity index (χ1) is 11.7. The van der Waals surface area contributed by atoms with E-state index in [4.69, 9.17) is 4.74 Å². The second-order valence-corrected chi connectivity index (χ2v) is 7.59. The first-order valence-corrected chi connectivity index (χ1v) is 8.87. The van der Waals surface area contributed by atoms with Gasteiger partial charge in [0.05, 0.1) is 6.10 Å². The monoisotopic (exact) mass is 347 g/mol. The number of hydrogen-bond donors (Lipinski definition) is 2. The van der Waals surface area contributed by atoms with Crippen LogP contribution in [0.15, 0.2) is 24.3 Å². The number of carboxylic acid groups (broad SMARTS) is 1. The third kappa shape index (κ3) is 3.43. The van der Waals surface area contributed by atoms with E-state index in [2.05, 4.69) is 5.32 Å². The molecule has 1 aliphatic rings. The molecular weight excluding hydrogens is 318 g/mol. The molecule has 0 spiro atoms. The van der Waals surface area contributed by atoms with Crippen LogP contribution in [0.2, 0.25) is 0 Å². The topological polar surface area (TPSA) is 75.6 Å². The molecule has 0 bridgehead atoms. The summed E-state index contributed by atoms with van der Waals surface area (Å²) in [4.78, 5) is 24.5. The van der Waals surface area contributed by atoms with Crippen molar-refractivity contribution in [1.29, 1.82) is 0 Å². The largest absolute Gasteiger partial charge is 0.479 e. The van der Waals surface area contributed by atoms with E-state index in [9.17, 15) is 14.7 Å². The second kappa shape index (κ2) is 7.16. The van der Waals surface area contributed by atoms with Crippen LogP contribution in [0.4, 0.5) is 0 Å². The molecule has 5 heteroatoms. The third-order valence-electron chi connectivity index (χ3n) is 5.69. The van der Waals surface area contributed by atoms with E-state index in [0.717, 1.165) is 11.1 Å². The van der Waals surface area contributed by atoms with E-state index < -0.39 is 16.9 Å². The molecule has 1 saturated carbocycles. The zero-order chi connectivity index (χ0) is 18.8. The second-order valence-electron chi connectivity index (χ2n) is 7.59. The van der Waals surface area contributed by atoms with Gasteiger partial charge in [0.15, 0.2) is 0 Å². The summed E-state index contributed by atoms with van der Waals surface area (Å²) in [6, 6.07) is 7.95. The molecule has 3 unspecified atom stereocenters. The van der Waals surface area contributed by atoms with E-state index in [1.807, 2.05) is 58.9 Å². The SMILES string of the molecule is CCOC1CC(NC(=O)CC(C)c2ccccc2C)(C(=O)O)C1(C)C. The zero-order valence-corrected chi connectivity index (χ0v) is 15.8. The van der Waals surface area contributed by atoms with Gasteiger partial charge in [-0.3, -0.25) is 4.79 Å². The Morgan fingerprint density at radius 3 is 2.52 bits per heavy atom. The van der Waals surface area contributed by atoms with Gasteiger partial charge in [-0.1, -0.05) is 45.0 Å². The molecule has 1 fully saturated rings. The molecule has 0 saturated heterocycles. The van der Waals surface area contributed by atoms with E-state index in [1.165, 1.54) is 0 Å². The number of rotatable bonds is 7. The first-order valence-electron chi connectivity index (χ1n) is 8.87. The van der Waals surface area contributed by atoms with Gasteiger partial charge in [0.1, 0.15) is 5.54 Å². The maximum absolute atomic E-state index is 12.6. The Hall–Kier alpha value is -1.88. The third-order valence-corrected chi connectivity index (χ3v) is 5.69. The molecule has 0 heterocycles. The van der Waals surface area contributed by atoms with Crippen LogP contribution in [0.5, 0.6) is 0 Å². The average molecular weight is 347 g/mol. The van der Waals surface area contributed by atoms with Crippen LogP contribution in [0.1, 0.15) is 57.6 Å². The maximum atomic E-state index is 12.6. The highest BCUT2D eigenvalue weighted by molar-refractivity contribution is 5.89. The maximum Gasteiger partial charge on any atom is 0.330 e. The fourth-order valence-corrected chi connectivity index (χ4v) is 3.85. The average Bonchev–Trinajstić information content (AvgIpc) is 2.53. The van der Waals surface area contributed by atoms with Crippen molar-refractivity contribution in [3.05, 3.63) is 35.4 Å². The molecule has 0 aromatic heterocycles. The van der Waals surface area contributed by atoms with Crippen LogP contribution in [0.3, 0.4) is 0 Å². The minimum atomic E-state index is -1.27. The lowest BCUT2D eigenvalue weighted by atomic mass is 9.54. The molecule has 1 aromatic carbocycles. The van der Waals surface area contributed by atoms with E-state index in [0.29, 0.717) is 13.0 Å². The minimum absolute atomic E-state index is 0.0259. The van der Waals surface area contributed by atoms with E-state index in [1.54, 1.807) is 0 Å². The number of aryl methyl sites for hydroxylation is 1. The predicted molar refractivity (Wildman–Crippen MR) is 96.5 cm³/mol. The van der Waals surface area contributed by atoms with E-state index >= 15 is 0 Å². The molecule has 5 nitrogen and oxygen atoms in total. The van der Waals surface area contributed by atoms with Gasteiger partial charge in [-0.05, 0) is 30.9 Å². The summed E-state index contributed by atoms with van der Waals surface area (Å²) in [5.74, 6) is -1.20. The van der Waals surface area contributed by atoms with Crippen LogP contribution < -0.4 is 5.32 Å². The van der Waals surface area contributed by atoms with Gasteiger partial charge < -0.3 is 15.2 Å². The van der Waals surface area contributed by atoms with Crippen LogP contribution in [0, 0.1) is 12.3 Å². The fraction of sp³-hybridized carbons (Fsp3) is 0.600. The summed E-state index contributed by atoms with van der Waals surface area (Å²) in [6.45, 7) is 10.1. The molecule has 2 rings (SSSR count). The molecule has 1 aliphatic carbocycles. The molecule has 1 aromatic rings. The van der Waals surface area contributed by atoms with Gasteiger partial charge in [-0.15, -0.1) is 0 Å². The lowest BCUT2D eigenvalue weighted by molar-refractivity contribution is -0.194. The number of amides is 1.